The van der Waals surface area contributed by atoms with Crippen LogP contribution in [0.3, 0.4) is 0 Å². The number of anilines is 1. The van der Waals surface area contributed by atoms with Crippen molar-refractivity contribution in [2.75, 3.05) is 32.1 Å². The van der Waals surface area contributed by atoms with Gasteiger partial charge in [0, 0.05) is 31.0 Å². The van der Waals surface area contributed by atoms with Crippen molar-refractivity contribution in [2.24, 2.45) is 5.73 Å². The number of nitrogens with two attached hydrogens (primary N) is 1. The fraction of sp³-hybridized carbons (Fsp3) is 0.250. The minimum atomic E-state index is -0.283. The molecular weight excluding hydrogens is 317 g/mol. The first-order valence-electron chi connectivity index (χ1n) is 8.35. The number of halogens is 1. The molecule has 3 aromatic rings. The lowest BCUT2D eigenvalue weighted by atomic mass is 9.97. The second kappa shape index (κ2) is 8.05. The van der Waals surface area contributed by atoms with Gasteiger partial charge in [0.25, 0.3) is 0 Å². The van der Waals surface area contributed by atoms with Crippen LogP contribution >= 0.6 is 0 Å². The van der Waals surface area contributed by atoms with Crippen LogP contribution < -0.4 is 11.1 Å². The number of fused-ring (bicyclic) bond motifs is 1. The van der Waals surface area contributed by atoms with Gasteiger partial charge in [-0.1, -0.05) is 30.3 Å². The van der Waals surface area contributed by atoms with Crippen molar-refractivity contribution in [1.82, 2.24) is 4.98 Å². The van der Waals surface area contributed by atoms with Crippen LogP contribution in [-0.4, -0.2) is 31.8 Å². The van der Waals surface area contributed by atoms with Crippen molar-refractivity contribution in [3.05, 3.63) is 60.0 Å². The van der Waals surface area contributed by atoms with E-state index in [1.165, 1.54) is 12.1 Å². The van der Waals surface area contributed by atoms with Gasteiger partial charge in [-0.15, -0.1) is 0 Å². The molecule has 0 amide bonds. The number of aromatic nitrogens is 1. The van der Waals surface area contributed by atoms with E-state index >= 15 is 0 Å². The Kier molecular flexibility index (Phi) is 5.58. The fourth-order valence-electron chi connectivity index (χ4n) is 2.98. The van der Waals surface area contributed by atoms with Gasteiger partial charge in [0.05, 0.1) is 23.5 Å². The van der Waals surface area contributed by atoms with Crippen molar-refractivity contribution < 1.29 is 9.13 Å². The Morgan fingerprint density at radius 3 is 2.68 bits per heavy atom. The van der Waals surface area contributed by atoms with Crippen LogP contribution in [0.25, 0.3) is 22.0 Å². The summed E-state index contributed by atoms with van der Waals surface area (Å²) in [6.45, 7) is 1.67. The number of nitrogens with one attached hydrogen (secondary N) is 1. The quantitative estimate of drug-likeness (QED) is 0.646. The monoisotopic (exact) mass is 339 g/mol. The van der Waals surface area contributed by atoms with Gasteiger partial charge in [-0.3, -0.25) is 4.98 Å². The van der Waals surface area contributed by atoms with Gasteiger partial charge >= 0.3 is 0 Å². The number of benzene rings is 2. The van der Waals surface area contributed by atoms with Gasteiger partial charge < -0.3 is 15.8 Å². The number of ether oxygens (including phenoxy) is 1. The van der Waals surface area contributed by atoms with Gasteiger partial charge in [0.15, 0.2) is 0 Å². The molecule has 4 nitrogen and oxygen atoms in total. The maximum Gasteiger partial charge on any atom is 0.124 e. The normalized spacial score (nSPS) is 11.0. The van der Waals surface area contributed by atoms with E-state index in [9.17, 15) is 4.39 Å². The van der Waals surface area contributed by atoms with Crippen molar-refractivity contribution in [3.63, 3.8) is 0 Å². The highest BCUT2D eigenvalue weighted by molar-refractivity contribution is 6.00. The van der Waals surface area contributed by atoms with E-state index in [1.807, 2.05) is 30.3 Å². The fourth-order valence-corrected chi connectivity index (χ4v) is 2.98. The molecule has 25 heavy (non-hydrogen) atoms. The maximum absolute atomic E-state index is 13.9. The molecule has 0 atom stereocenters. The summed E-state index contributed by atoms with van der Waals surface area (Å²) in [4.78, 5) is 4.75. The van der Waals surface area contributed by atoms with E-state index < -0.39 is 0 Å². The molecule has 0 saturated heterocycles. The Balaban J connectivity index is 2.27. The van der Waals surface area contributed by atoms with E-state index in [4.69, 9.17) is 15.5 Å². The Labute approximate surface area is 146 Å². The van der Waals surface area contributed by atoms with Crippen molar-refractivity contribution in [2.45, 2.75) is 6.42 Å². The molecule has 0 aliphatic heterocycles. The summed E-state index contributed by atoms with van der Waals surface area (Å²) in [5.41, 5.74) is 10.3. The van der Waals surface area contributed by atoms with Crippen LogP contribution in [0.1, 0.15) is 5.69 Å². The zero-order valence-electron chi connectivity index (χ0n) is 14.3. The molecule has 1 heterocycles. The van der Waals surface area contributed by atoms with Crippen LogP contribution in [-0.2, 0) is 11.2 Å². The topological polar surface area (TPSA) is 60.2 Å². The lowest BCUT2D eigenvalue weighted by molar-refractivity contribution is 0.211. The van der Waals surface area contributed by atoms with Crippen LogP contribution in [0, 0.1) is 5.82 Å². The Hall–Kier alpha value is -2.50. The molecule has 0 aliphatic rings. The number of rotatable bonds is 7. The third-order valence-corrected chi connectivity index (χ3v) is 4.07. The maximum atomic E-state index is 13.9. The van der Waals surface area contributed by atoms with E-state index in [0.29, 0.717) is 26.1 Å². The number of pyridine rings is 1. The largest absolute Gasteiger partial charge is 0.383 e. The van der Waals surface area contributed by atoms with E-state index in [-0.39, 0.29) is 5.82 Å². The average Bonchev–Trinajstić information content (AvgIpc) is 2.63. The first kappa shape index (κ1) is 17.3. The zero-order chi connectivity index (χ0) is 17.6. The predicted molar refractivity (Wildman–Crippen MR) is 100 cm³/mol. The minimum absolute atomic E-state index is 0.283. The van der Waals surface area contributed by atoms with Crippen molar-refractivity contribution in [1.29, 1.82) is 0 Å². The predicted octanol–water partition coefficient (Wildman–Crippen LogP) is 3.60. The lowest BCUT2D eigenvalue weighted by Crippen LogP contribution is -2.12. The Morgan fingerprint density at radius 2 is 1.96 bits per heavy atom. The highest BCUT2D eigenvalue weighted by Crippen LogP contribution is 2.37. The Morgan fingerprint density at radius 1 is 1.16 bits per heavy atom. The summed E-state index contributed by atoms with van der Waals surface area (Å²) in [5, 5.41) is 4.17. The average molecular weight is 339 g/mol. The van der Waals surface area contributed by atoms with Gasteiger partial charge in [-0.2, -0.15) is 0 Å². The molecule has 5 heteroatoms. The highest BCUT2D eigenvalue weighted by Gasteiger charge is 2.16. The molecule has 0 aliphatic carbocycles. The van der Waals surface area contributed by atoms with Gasteiger partial charge in [-0.05, 0) is 30.3 Å². The number of hydrogen-bond donors (Lipinski definition) is 2. The molecule has 2 aromatic carbocycles. The second-order valence-electron chi connectivity index (χ2n) is 5.79. The molecule has 130 valence electrons. The van der Waals surface area contributed by atoms with Crippen LogP contribution in [0.5, 0.6) is 0 Å². The lowest BCUT2D eigenvalue weighted by Gasteiger charge is -2.19. The summed E-state index contributed by atoms with van der Waals surface area (Å²) in [6, 6.07) is 14.7. The van der Waals surface area contributed by atoms with Gasteiger partial charge in [0.1, 0.15) is 5.82 Å². The smallest absolute Gasteiger partial charge is 0.124 e. The second-order valence-corrected chi connectivity index (χ2v) is 5.79. The van der Waals surface area contributed by atoms with Crippen LogP contribution in [0.15, 0.2) is 48.5 Å². The molecule has 0 unspecified atom stereocenters. The molecule has 0 radical (unpaired) electrons. The molecule has 1 aromatic heterocycles. The van der Waals surface area contributed by atoms with Crippen LogP contribution in [0.2, 0.25) is 0 Å². The molecule has 0 saturated carbocycles. The van der Waals surface area contributed by atoms with Gasteiger partial charge in [0.2, 0.25) is 0 Å². The molecular formula is C20H22FN3O. The van der Waals surface area contributed by atoms with Crippen molar-refractivity contribution in [3.8, 4) is 11.1 Å². The molecule has 0 fully saturated rings. The molecule has 3 N–H and O–H groups in total. The number of methoxy groups -OCH3 is 1. The summed E-state index contributed by atoms with van der Waals surface area (Å²) in [5.74, 6) is -0.283. The molecule has 3 rings (SSSR count). The Bertz CT molecular complexity index is 852. The van der Waals surface area contributed by atoms with E-state index in [1.54, 1.807) is 13.2 Å². The van der Waals surface area contributed by atoms with E-state index in [2.05, 4.69) is 5.32 Å². The summed E-state index contributed by atoms with van der Waals surface area (Å²) < 4.78 is 19.0. The number of hydrogen-bond acceptors (Lipinski definition) is 4. The summed E-state index contributed by atoms with van der Waals surface area (Å²) in [7, 11) is 1.66. The molecule has 0 spiro atoms. The SMILES string of the molecule is COCCNc1c(-c2ccccc2)c(CCN)nc2ccc(F)cc12. The summed E-state index contributed by atoms with van der Waals surface area (Å²) in [6.07, 6.45) is 0.649. The standard InChI is InChI=1S/C20H22FN3O/c1-25-12-11-23-20-16-13-15(21)7-8-17(16)24-18(9-10-22)19(20)14-5-3-2-4-6-14/h2-8,13H,9-12,22H2,1H3,(H,23,24). The third kappa shape index (κ3) is 3.78. The molecule has 0 bridgehead atoms. The third-order valence-electron chi connectivity index (χ3n) is 4.07. The first-order valence-corrected chi connectivity index (χ1v) is 8.35. The zero-order valence-corrected chi connectivity index (χ0v) is 14.3. The van der Waals surface area contributed by atoms with Crippen LogP contribution in [0.4, 0.5) is 10.1 Å². The number of nitrogens with zero attached hydrogens (tertiary/aromatic N) is 1. The van der Waals surface area contributed by atoms with Gasteiger partial charge in [-0.25, -0.2) is 4.39 Å². The highest BCUT2D eigenvalue weighted by atomic mass is 19.1. The summed E-state index contributed by atoms with van der Waals surface area (Å²) >= 11 is 0. The minimum Gasteiger partial charge on any atom is -0.383 e. The van der Waals surface area contributed by atoms with Crippen molar-refractivity contribution >= 4 is 16.6 Å². The first-order chi connectivity index (χ1) is 12.2. The van der Waals surface area contributed by atoms with E-state index in [0.717, 1.165) is 33.4 Å².